The number of carbonyl (C=O) groups excluding carboxylic acids is 2. The van der Waals surface area contributed by atoms with E-state index >= 15 is 0 Å². The summed E-state index contributed by atoms with van der Waals surface area (Å²) < 4.78 is 0. The zero-order valence-corrected chi connectivity index (χ0v) is 7.76. The molecule has 0 saturated heterocycles. The molecule has 0 heterocycles. The first-order chi connectivity index (χ1) is 5.49. The van der Waals surface area contributed by atoms with E-state index in [9.17, 15) is 9.59 Å². The maximum atomic E-state index is 11.0. The number of hydrogen-bond donors (Lipinski definition) is 2. The highest BCUT2D eigenvalue weighted by Gasteiger charge is 2.15. The smallest absolute Gasteiger partial charge is 0.237 e. The molecule has 0 spiro atoms. The lowest BCUT2D eigenvalue weighted by Gasteiger charge is -2.13. The third-order valence-corrected chi connectivity index (χ3v) is 1.60. The van der Waals surface area contributed by atoms with Gasteiger partial charge in [-0.2, -0.15) is 0 Å². The van der Waals surface area contributed by atoms with Crippen LogP contribution < -0.4 is 11.1 Å². The molecule has 2 unspecified atom stereocenters. The Balaban J connectivity index is 3.92. The highest BCUT2D eigenvalue weighted by molar-refractivity contribution is 5.90. The third kappa shape index (κ3) is 3.48. The average Bonchev–Trinajstić information content (AvgIpc) is 2.02. The summed E-state index contributed by atoms with van der Waals surface area (Å²) in [7, 11) is 0. The Bertz CT molecular complexity index is 178. The molecule has 0 saturated carbocycles. The van der Waals surface area contributed by atoms with Crippen LogP contribution in [0.5, 0.6) is 0 Å². The largest absolute Gasteiger partial charge is 0.345 e. The Hall–Kier alpha value is -0.900. The van der Waals surface area contributed by atoms with Crippen LogP contribution in [-0.4, -0.2) is 23.8 Å². The molecule has 0 radical (unpaired) electrons. The normalized spacial score (nSPS) is 15.0. The van der Waals surface area contributed by atoms with Gasteiger partial charge in [0.1, 0.15) is 0 Å². The van der Waals surface area contributed by atoms with Crippen molar-refractivity contribution < 1.29 is 9.59 Å². The van der Waals surface area contributed by atoms with E-state index in [1.54, 1.807) is 20.8 Å². The lowest BCUT2D eigenvalue weighted by atomic mass is 10.1. The summed E-state index contributed by atoms with van der Waals surface area (Å²) in [5.74, 6) is -0.270. The van der Waals surface area contributed by atoms with Gasteiger partial charge in [-0.25, -0.2) is 0 Å². The molecule has 0 fully saturated rings. The fourth-order valence-electron chi connectivity index (χ4n) is 0.732. The first kappa shape index (κ1) is 11.1. The van der Waals surface area contributed by atoms with Crippen molar-refractivity contribution in [1.82, 2.24) is 5.32 Å². The van der Waals surface area contributed by atoms with E-state index in [4.69, 9.17) is 5.73 Å². The summed E-state index contributed by atoms with van der Waals surface area (Å²) in [6.45, 7) is 5.00. The second-order valence-electron chi connectivity index (χ2n) is 2.84. The van der Waals surface area contributed by atoms with Crippen LogP contribution in [0.15, 0.2) is 0 Å². The molecule has 0 aromatic carbocycles. The minimum Gasteiger partial charge on any atom is -0.345 e. The minimum atomic E-state index is -0.558. The molecule has 0 aliphatic carbocycles. The van der Waals surface area contributed by atoms with Gasteiger partial charge in [0, 0.05) is 6.42 Å². The van der Waals surface area contributed by atoms with Crippen LogP contribution in [0.2, 0.25) is 0 Å². The number of nitrogens with two attached hydrogens (primary N) is 1. The Labute approximate surface area is 72.5 Å². The second kappa shape index (κ2) is 4.87. The molecule has 2 atom stereocenters. The van der Waals surface area contributed by atoms with Crippen LogP contribution in [-0.2, 0) is 9.59 Å². The molecule has 4 heteroatoms. The van der Waals surface area contributed by atoms with Gasteiger partial charge < -0.3 is 11.1 Å². The van der Waals surface area contributed by atoms with Crippen LogP contribution in [0.3, 0.4) is 0 Å². The fourth-order valence-corrected chi connectivity index (χ4v) is 0.732. The van der Waals surface area contributed by atoms with Crippen LogP contribution >= 0.6 is 0 Å². The second-order valence-corrected chi connectivity index (χ2v) is 2.84. The maximum absolute atomic E-state index is 11.0. The number of carbonyl (C=O) groups is 2. The van der Waals surface area contributed by atoms with E-state index in [-0.39, 0.29) is 11.7 Å². The van der Waals surface area contributed by atoms with E-state index in [1.807, 2.05) is 0 Å². The van der Waals surface area contributed by atoms with Gasteiger partial charge in [0.25, 0.3) is 0 Å². The van der Waals surface area contributed by atoms with Crippen molar-refractivity contribution in [2.24, 2.45) is 5.73 Å². The summed E-state index contributed by atoms with van der Waals surface area (Å²) in [5, 5.41) is 2.52. The molecule has 0 bridgehead atoms. The number of rotatable bonds is 4. The lowest BCUT2D eigenvalue weighted by Crippen LogP contribution is -2.45. The van der Waals surface area contributed by atoms with E-state index in [2.05, 4.69) is 5.32 Å². The Morgan fingerprint density at radius 3 is 2.25 bits per heavy atom. The lowest BCUT2D eigenvalue weighted by molar-refractivity contribution is -0.127. The summed E-state index contributed by atoms with van der Waals surface area (Å²) in [4.78, 5) is 22.0. The van der Waals surface area contributed by atoms with Gasteiger partial charge in [-0.3, -0.25) is 9.59 Å². The van der Waals surface area contributed by atoms with Gasteiger partial charge in [0.2, 0.25) is 5.91 Å². The monoisotopic (exact) mass is 172 g/mol. The first-order valence-corrected chi connectivity index (χ1v) is 4.07. The van der Waals surface area contributed by atoms with E-state index < -0.39 is 12.1 Å². The molecular formula is C8H16N2O2. The van der Waals surface area contributed by atoms with Gasteiger partial charge in [0.15, 0.2) is 5.78 Å². The molecular weight excluding hydrogens is 156 g/mol. The van der Waals surface area contributed by atoms with Crippen molar-refractivity contribution in [3.63, 3.8) is 0 Å². The molecule has 12 heavy (non-hydrogen) atoms. The van der Waals surface area contributed by atoms with E-state index in [0.29, 0.717) is 6.42 Å². The summed E-state index contributed by atoms with van der Waals surface area (Å²) >= 11 is 0. The number of amides is 1. The zero-order valence-electron chi connectivity index (χ0n) is 7.76. The summed E-state index contributed by atoms with van der Waals surface area (Å²) in [6, 6.07) is -0.981. The quantitative estimate of drug-likeness (QED) is 0.617. The molecule has 0 aliphatic heterocycles. The molecule has 0 rings (SSSR count). The molecule has 4 nitrogen and oxygen atoms in total. The van der Waals surface area contributed by atoms with Gasteiger partial charge in [-0.1, -0.05) is 6.92 Å². The maximum Gasteiger partial charge on any atom is 0.237 e. The Morgan fingerprint density at radius 1 is 1.42 bits per heavy atom. The SMILES string of the molecule is CCC(=O)C(C)NC(=O)C(C)N. The first-order valence-electron chi connectivity index (χ1n) is 4.07. The van der Waals surface area contributed by atoms with Crippen molar-refractivity contribution in [3.8, 4) is 0 Å². The predicted molar refractivity (Wildman–Crippen MR) is 46.6 cm³/mol. The molecule has 1 amide bonds. The van der Waals surface area contributed by atoms with E-state index in [1.165, 1.54) is 0 Å². The number of hydrogen-bond acceptors (Lipinski definition) is 3. The predicted octanol–water partition coefficient (Wildman–Crippen LogP) is -0.183. The third-order valence-electron chi connectivity index (χ3n) is 1.60. The number of nitrogens with one attached hydrogen (secondary N) is 1. The van der Waals surface area contributed by atoms with Crippen molar-refractivity contribution in [1.29, 1.82) is 0 Å². The molecule has 3 N–H and O–H groups in total. The average molecular weight is 172 g/mol. The summed E-state index contributed by atoms with van der Waals surface area (Å²) in [6.07, 6.45) is 0.431. The minimum absolute atomic E-state index is 0.0176. The van der Waals surface area contributed by atoms with Crippen molar-refractivity contribution in [2.75, 3.05) is 0 Å². The van der Waals surface area contributed by atoms with Gasteiger partial charge in [-0.15, -0.1) is 0 Å². The van der Waals surface area contributed by atoms with Gasteiger partial charge in [-0.05, 0) is 13.8 Å². The van der Waals surface area contributed by atoms with Crippen molar-refractivity contribution >= 4 is 11.7 Å². The Morgan fingerprint density at radius 2 is 1.92 bits per heavy atom. The molecule has 0 aliphatic rings. The highest BCUT2D eigenvalue weighted by Crippen LogP contribution is 1.90. The highest BCUT2D eigenvalue weighted by atomic mass is 16.2. The number of ketones is 1. The van der Waals surface area contributed by atoms with Crippen LogP contribution in [0, 0.1) is 0 Å². The zero-order chi connectivity index (χ0) is 9.72. The van der Waals surface area contributed by atoms with Gasteiger partial charge >= 0.3 is 0 Å². The summed E-state index contributed by atoms with van der Waals surface area (Å²) in [5.41, 5.74) is 5.30. The van der Waals surface area contributed by atoms with Gasteiger partial charge in [0.05, 0.1) is 12.1 Å². The topological polar surface area (TPSA) is 72.2 Å². The van der Waals surface area contributed by atoms with Crippen LogP contribution in [0.1, 0.15) is 27.2 Å². The standard InChI is InChI=1S/C8H16N2O2/c1-4-7(11)6(3)10-8(12)5(2)9/h5-6H,4,9H2,1-3H3,(H,10,12). The Kier molecular flexibility index (Phi) is 4.51. The molecule has 0 aromatic rings. The van der Waals surface area contributed by atoms with Crippen LogP contribution in [0.25, 0.3) is 0 Å². The van der Waals surface area contributed by atoms with E-state index in [0.717, 1.165) is 0 Å². The molecule has 0 aromatic heterocycles. The molecule has 70 valence electrons. The number of Topliss-reactive ketones (excluding diaryl/α,β-unsaturated/α-hetero) is 1. The van der Waals surface area contributed by atoms with Crippen molar-refractivity contribution in [3.05, 3.63) is 0 Å². The fraction of sp³-hybridized carbons (Fsp3) is 0.750. The van der Waals surface area contributed by atoms with Crippen molar-refractivity contribution in [2.45, 2.75) is 39.3 Å². The van der Waals surface area contributed by atoms with Crippen LogP contribution in [0.4, 0.5) is 0 Å².